The summed E-state index contributed by atoms with van der Waals surface area (Å²) in [5.74, 6) is 0.798. The zero-order valence-electron chi connectivity index (χ0n) is 9.82. The quantitative estimate of drug-likeness (QED) is 0.892. The van der Waals surface area contributed by atoms with Gasteiger partial charge in [0.25, 0.3) is 5.56 Å². The highest BCUT2D eigenvalue weighted by molar-refractivity contribution is 9.10. The minimum atomic E-state index is -0.246. The summed E-state index contributed by atoms with van der Waals surface area (Å²) in [7, 11) is 1.46. The molecule has 0 aliphatic rings. The van der Waals surface area contributed by atoms with Crippen LogP contribution in [-0.2, 0) is 0 Å². The van der Waals surface area contributed by atoms with Gasteiger partial charge in [-0.2, -0.15) is 0 Å². The minimum absolute atomic E-state index is 0.0393. The molecule has 2 rings (SSSR count). The first-order chi connectivity index (χ1) is 8.52. The lowest BCUT2D eigenvalue weighted by Gasteiger charge is -2.07. The van der Waals surface area contributed by atoms with Crippen LogP contribution in [0.4, 0.5) is 0 Å². The number of H-pyrrole nitrogens is 1. The molecule has 5 nitrogen and oxygen atoms in total. The van der Waals surface area contributed by atoms with Gasteiger partial charge in [0.15, 0.2) is 11.5 Å². The number of nitrogens with zero attached hydrogens (tertiary/aromatic N) is 1. The Morgan fingerprint density at radius 1 is 1.44 bits per heavy atom. The average molecular weight is 311 g/mol. The molecule has 0 radical (unpaired) electrons. The highest BCUT2D eigenvalue weighted by Crippen LogP contribution is 2.29. The Morgan fingerprint density at radius 3 is 2.78 bits per heavy atom. The molecule has 0 amide bonds. The van der Waals surface area contributed by atoms with Crippen molar-refractivity contribution >= 4 is 15.9 Å². The van der Waals surface area contributed by atoms with Gasteiger partial charge in [0.2, 0.25) is 0 Å². The first-order valence-electron chi connectivity index (χ1n) is 5.16. The summed E-state index contributed by atoms with van der Waals surface area (Å²) in [4.78, 5) is 18.6. The van der Waals surface area contributed by atoms with Crippen molar-refractivity contribution in [3.05, 3.63) is 38.7 Å². The van der Waals surface area contributed by atoms with Gasteiger partial charge in [0, 0.05) is 5.56 Å². The molecule has 0 saturated carbocycles. The maximum absolute atomic E-state index is 11.6. The zero-order chi connectivity index (χ0) is 13.3. The van der Waals surface area contributed by atoms with Crippen LogP contribution in [0.1, 0.15) is 5.69 Å². The first-order valence-corrected chi connectivity index (χ1v) is 5.96. The van der Waals surface area contributed by atoms with Gasteiger partial charge >= 0.3 is 0 Å². The summed E-state index contributed by atoms with van der Waals surface area (Å²) in [6.07, 6.45) is 0. The van der Waals surface area contributed by atoms with Crippen molar-refractivity contribution in [3.63, 3.8) is 0 Å². The van der Waals surface area contributed by atoms with E-state index in [4.69, 9.17) is 4.74 Å². The van der Waals surface area contributed by atoms with E-state index in [-0.39, 0.29) is 11.3 Å². The van der Waals surface area contributed by atoms with Gasteiger partial charge in [-0.1, -0.05) is 0 Å². The van der Waals surface area contributed by atoms with Gasteiger partial charge in [0.1, 0.15) is 10.3 Å². The summed E-state index contributed by atoms with van der Waals surface area (Å²) in [5.41, 5.74) is 1.02. The standard InChI is InChI=1S/C12H11BrN2O3/c1-6-10(13)12(17)15-11(14-6)7-3-4-8(16)9(5-7)18-2/h3-5,16H,1-2H3,(H,14,15,17). The SMILES string of the molecule is COc1cc(-c2nc(C)c(Br)c(=O)[nH]2)ccc1O. The number of aromatic amines is 1. The number of nitrogens with one attached hydrogen (secondary N) is 1. The predicted octanol–water partition coefficient (Wildman–Crippen LogP) is 2.22. The number of aromatic nitrogens is 2. The number of benzene rings is 1. The highest BCUT2D eigenvalue weighted by Gasteiger charge is 2.09. The number of ether oxygens (including phenoxy) is 1. The van der Waals surface area contributed by atoms with Gasteiger partial charge in [-0.3, -0.25) is 4.79 Å². The van der Waals surface area contributed by atoms with E-state index in [9.17, 15) is 9.90 Å². The Balaban J connectivity index is 2.59. The number of hydrogen-bond acceptors (Lipinski definition) is 4. The maximum atomic E-state index is 11.6. The van der Waals surface area contributed by atoms with Crippen molar-refractivity contribution in [1.29, 1.82) is 0 Å². The molecule has 0 fully saturated rings. The summed E-state index contributed by atoms with van der Waals surface area (Å²) in [6, 6.07) is 4.76. The predicted molar refractivity (Wildman–Crippen MR) is 70.9 cm³/mol. The van der Waals surface area contributed by atoms with Gasteiger partial charge in [-0.15, -0.1) is 0 Å². The molecular formula is C12H11BrN2O3. The molecule has 94 valence electrons. The lowest BCUT2D eigenvalue weighted by Crippen LogP contribution is -2.11. The summed E-state index contributed by atoms with van der Waals surface area (Å²) in [6.45, 7) is 1.74. The van der Waals surface area contributed by atoms with Crippen LogP contribution in [0.3, 0.4) is 0 Å². The van der Waals surface area contributed by atoms with Crippen LogP contribution in [0.2, 0.25) is 0 Å². The van der Waals surface area contributed by atoms with Crippen molar-refractivity contribution < 1.29 is 9.84 Å². The molecule has 0 aliphatic heterocycles. The summed E-state index contributed by atoms with van der Waals surface area (Å²) >= 11 is 3.15. The molecule has 6 heteroatoms. The van der Waals surface area contributed by atoms with Crippen LogP contribution in [0.25, 0.3) is 11.4 Å². The largest absolute Gasteiger partial charge is 0.504 e. The monoisotopic (exact) mass is 310 g/mol. The first kappa shape index (κ1) is 12.6. The average Bonchev–Trinajstić information content (AvgIpc) is 2.36. The Bertz CT molecular complexity index is 652. The molecule has 0 bridgehead atoms. The molecule has 0 unspecified atom stereocenters. The second-order valence-electron chi connectivity index (χ2n) is 3.70. The molecule has 0 spiro atoms. The normalized spacial score (nSPS) is 10.4. The van der Waals surface area contributed by atoms with Crippen molar-refractivity contribution in [3.8, 4) is 22.9 Å². The minimum Gasteiger partial charge on any atom is -0.504 e. The van der Waals surface area contributed by atoms with Gasteiger partial charge < -0.3 is 14.8 Å². The van der Waals surface area contributed by atoms with E-state index in [1.807, 2.05) is 0 Å². The molecule has 0 saturated heterocycles. The summed E-state index contributed by atoms with van der Waals surface area (Å²) in [5, 5.41) is 9.51. The molecule has 1 heterocycles. The number of halogens is 1. The van der Waals surface area contributed by atoms with E-state index < -0.39 is 0 Å². The number of phenolic OH excluding ortho intramolecular Hbond substituents is 1. The zero-order valence-corrected chi connectivity index (χ0v) is 11.4. The van der Waals surface area contributed by atoms with Gasteiger partial charge in [-0.05, 0) is 41.1 Å². The van der Waals surface area contributed by atoms with Crippen LogP contribution in [0, 0.1) is 6.92 Å². The van der Waals surface area contributed by atoms with E-state index in [0.717, 1.165) is 0 Å². The number of aromatic hydroxyl groups is 1. The smallest absolute Gasteiger partial charge is 0.265 e. The number of hydrogen-bond donors (Lipinski definition) is 2. The Labute approximate surface area is 112 Å². The number of rotatable bonds is 2. The lowest BCUT2D eigenvalue weighted by atomic mass is 10.2. The Morgan fingerprint density at radius 2 is 2.17 bits per heavy atom. The van der Waals surface area contributed by atoms with E-state index in [0.29, 0.717) is 27.3 Å². The Kier molecular flexibility index (Phi) is 3.38. The molecule has 18 heavy (non-hydrogen) atoms. The Hall–Kier alpha value is -1.82. The number of phenols is 1. The fraction of sp³-hybridized carbons (Fsp3) is 0.167. The summed E-state index contributed by atoms with van der Waals surface area (Å²) < 4.78 is 5.43. The van der Waals surface area contributed by atoms with Crippen LogP contribution in [0.5, 0.6) is 11.5 Å². The lowest BCUT2D eigenvalue weighted by molar-refractivity contribution is 0.373. The topological polar surface area (TPSA) is 75.2 Å². The fourth-order valence-electron chi connectivity index (χ4n) is 1.53. The molecule has 0 atom stereocenters. The van der Waals surface area contributed by atoms with E-state index in [2.05, 4.69) is 25.9 Å². The maximum Gasteiger partial charge on any atom is 0.265 e. The van der Waals surface area contributed by atoms with Gasteiger partial charge in [0.05, 0.1) is 12.8 Å². The highest BCUT2D eigenvalue weighted by atomic mass is 79.9. The molecule has 1 aromatic carbocycles. The van der Waals surface area contributed by atoms with Crippen molar-refractivity contribution in [2.24, 2.45) is 0 Å². The fourth-order valence-corrected chi connectivity index (χ4v) is 1.72. The van der Waals surface area contributed by atoms with Crippen LogP contribution < -0.4 is 10.3 Å². The molecule has 0 aliphatic carbocycles. The van der Waals surface area contributed by atoms with Crippen molar-refractivity contribution in [1.82, 2.24) is 9.97 Å². The molecule has 2 aromatic rings. The van der Waals surface area contributed by atoms with Gasteiger partial charge in [-0.25, -0.2) is 4.98 Å². The third kappa shape index (κ3) is 2.24. The van der Waals surface area contributed by atoms with Crippen molar-refractivity contribution in [2.75, 3.05) is 7.11 Å². The number of methoxy groups -OCH3 is 1. The molecule has 1 aromatic heterocycles. The number of aryl methyl sites for hydroxylation is 1. The third-order valence-electron chi connectivity index (χ3n) is 2.48. The van der Waals surface area contributed by atoms with Crippen molar-refractivity contribution in [2.45, 2.75) is 6.92 Å². The van der Waals surface area contributed by atoms with E-state index in [1.165, 1.54) is 13.2 Å². The second kappa shape index (κ2) is 4.81. The van der Waals surface area contributed by atoms with Crippen LogP contribution in [-0.4, -0.2) is 22.2 Å². The van der Waals surface area contributed by atoms with E-state index in [1.54, 1.807) is 19.1 Å². The molecular weight excluding hydrogens is 300 g/mol. The second-order valence-corrected chi connectivity index (χ2v) is 4.49. The van der Waals surface area contributed by atoms with E-state index >= 15 is 0 Å². The molecule has 2 N–H and O–H groups in total. The van der Waals surface area contributed by atoms with Crippen LogP contribution in [0.15, 0.2) is 27.5 Å². The third-order valence-corrected chi connectivity index (χ3v) is 3.42. The van der Waals surface area contributed by atoms with Crippen LogP contribution >= 0.6 is 15.9 Å².